The van der Waals surface area contributed by atoms with Crippen LogP contribution < -0.4 is 9.47 Å². The van der Waals surface area contributed by atoms with E-state index in [0.717, 1.165) is 4.47 Å². The van der Waals surface area contributed by atoms with E-state index in [4.69, 9.17) is 37.4 Å². The summed E-state index contributed by atoms with van der Waals surface area (Å²) in [5.74, 6) is 0.812. The summed E-state index contributed by atoms with van der Waals surface area (Å²) < 4.78 is 16.6. The molecule has 2 aromatic carbocycles. The highest BCUT2D eigenvalue weighted by atomic mass is 79.9. The van der Waals surface area contributed by atoms with Gasteiger partial charge in [-0.15, -0.1) is 0 Å². The third kappa shape index (κ3) is 3.13. The number of nitrogens with zero attached hydrogens (tertiary/aromatic N) is 1. The van der Waals surface area contributed by atoms with Gasteiger partial charge in [0.1, 0.15) is 0 Å². The topological polar surface area (TPSA) is 57.1 Å². The van der Waals surface area contributed by atoms with Crippen molar-refractivity contribution >= 4 is 57.1 Å². The van der Waals surface area contributed by atoms with Gasteiger partial charge >= 0.3 is 5.97 Å². The number of cyclic esters (lactones) is 1. The molecule has 2 aliphatic heterocycles. The number of fused-ring (bicyclic) bond motifs is 1. The summed E-state index contributed by atoms with van der Waals surface area (Å²) in [6.07, 6.45) is 1.60. The molecule has 0 unspecified atom stereocenters. The third-order valence-corrected chi connectivity index (χ3v) is 4.80. The largest absolute Gasteiger partial charge is 0.454 e. The predicted molar refractivity (Wildman–Crippen MR) is 97.3 cm³/mol. The first-order chi connectivity index (χ1) is 12.0. The summed E-state index contributed by atoms with van der Waals surface area (Å²) in [6, 6.07) is 8.39. The molecule has 0 atom stereocenters. The first-order valence-corrected chi connectivity index (χ1v) is 8.63. The highest BCUT2D eigenvalue weighted by molar-refractivity contribution is 9.10. The Hall–Kier alpha value is -2.02. The van der Waals surface area contributed by atoms with Crippen LogP contribution in [0.3, 0.4) is 0 Å². The van der Waals surface area contributed by atoms with Gasteiger partial charge in [-0.25, -0.2) is 9.79 Å². The first kappa shape index (κ1) is 16.4. The second-order valence-corrected chi connectivity index (χ2v) is 6.89. The Bertz CT molecular complexity index is 971. The van der Waals surface area contributed by atoms with Crippen molar-refractivity contribution in [3.8, 4) is 11.5 Å². The molecular weight excluding hydrogens is 433 g/mol. The van der Waals surface area contributed by atoms with Crippen LogP contribution in [0.25, 0.3) is 6.08 Å². The summed E-state index contributed by atoms with van der Waals surface area (Å²) in [6.45, 7) is 0.168. The van der Waals surface area contributed by atoms with Crippen LogP contribution >= 0.6 is 39.1 Å². The molecule has 0 bridgehead atoms. The quantitative estimate of drug-likeness (QED) is 0.495. The fourth-order valence-electron chi connectivity index (χ4n) is 2.38. The molecular formula is C17H8BrCl2NO4. The number of hydrogen-bond donors (Lipinski definition) is 0. The van der Waals surface area contributed by atoms with Crippen LogP contribution in [-0.2, 0) is 9.53 Å². The third-order valence-electron chi connectivity index (χ3n) is 3.57. The maximum atomic E-state index is 12.1. The van der Waals surface area contributed by atoms with E-state index in [2.05, 4.69) is 20.9 Å². The van der Waals surface area contributed by atoms with E-state index in [-0.39, 0.29) is 18.4 Å². The Labute approximate surface area is 160 Å². The van der Waals surface area contributed by atoms with Crippen molar-refractivity contribution < 1.29 is 19.0 Å². The molecule has 25 heavy (non-hydrogen) atoms. The average molecular weight is 441 g/mol. The van der Waals surface area contributed by atoms with Gasteiger partial charge in [-0.1, -0.05) is 39.1 Å². The number of hydrogen-bond acceptors (Lipinski definition) is 5. The van der Waals surface area contributed by atoms with Gasteiger partial charge in [0.05, 0.1) is 10.6 Å². The normalized spacial score (nSPS) is 17.0. The maximum Gasteiger partial charge on any atom is 0.363 e. The molecule has 2 aliphatic rings. The molecule has 8 heteroatoms. The maximum absolute atomic E-state index is 12.1. The Morgan fingerprint density at radius 1 is 1.12 bits per heavy atom. The molecule has 0 N–H and O–H groups in total. The van der Waals surface area contributed by atoms with Crippen molar-refractivity contribution in [1.29, 1.82) is 0 Å². The fraction of sp³-hybridized carbons (Fsp3) is 0.0588. The lowest BCUT2D eigenvalue weighted by Crippen LogP contribution is -2.05. The smallest absolute Gasteiger partial charge is 0.363 e. The Morgan fingerprint density at radius 2 is 1.88 bits per heavy atom. The van der Waals surface area contributed by atoms with Crippen LogP contribution in [0.2, 0.25) is 10.0 Å². The SMILES string of the molecule is O=C1OC(c2ccc(Cl)cc2Cl)=N/C1=C\c1cc2c(cc1Br)OCO2. The number of carbonyl (C=O) groups excluding carboxylic acids is 1. The van der Waals surface area contributed by atoms with E-state index in [1.54, 1.807) is 36.4 Å². The molecule has 0 saturated heterocycles. The average Bonchev–Trinajstić information content (AvgIpc) is 3.14. The standard InChI is InChI=1S/C17H8BrCl2NO4/c18-11-6-15-14(23-7-24-15)4-8(11)3-13-17(22)25-16(21-13)10-2-1-9(19)5-12(10)20/h1-6H,7H2/b13-3-. The van der Waals surface area contributed by atoms with Crippen molar-refractivity contribution in [2.45, 2.75) is 0 Å². The van der Waals surface area contributed by atoms with Crippen LogP contribution in [0.4, 0.5) is 0 Å². The number of ether oxygens (including phenoxy) is 3. The molecule has 0 radical (unpaired) electrons. The molecule has 5 nitrogen and oxygen atoms in total. The van der Waals surface area contributed by atoms with E-state index in [1.165, 1.54) is 0 Å². The van der Waals surface area contributed by atoms with Crippen LogP contribution in [-0.4, -0.2) is 18.7 Å². The molecule has 0 aromatic heterocycles. The molecule has 0 fully saturated rings. The Balaban J connectivity index is 1.72. The van der Waals surface area contributed by atoms with Crippen molar-refractivity contribution in [2.24, 2.45) is 4.99 Å². The summed E-state index contributed by atoms with van der Waals surface area (Å²) in [7, 11) is 0. The van der Waals surface area contributed by atoms with Gasteiger partial charge in [0.25, 0.3) is 0 Å². The van der Waals surface area contributed by atoms with Gasteiger partial charge in [0.2, 0.25) is 12.7 Å². The molecule has 0 amide bonds. The van der Waals surface area contributed by atoms with E-state index < -0.39 is 5.97 Å². The summed E-state index contributed by atoms with van der Waals surface area (Å²) in [5.41, 5.74) is 1.36. The van der Waals surface area contributed by atoms with E-state index >= 15 is 0 Å². The minimum Gasteiger partial charge on any atom is -0.454 e. The lowest BCUT2D eigenvalue weighted by Gasteiger charge is -2.02. The zero-order chi connectivity index (χ0) is 17.6. The zero-order valence-corrected chi connectivity index (χ0v) is 15.5. The highest BCUT2D eigenvalue weighted by Crippen LogP contribution is 2.38. The zero-order valence-electron chi connectivity index (χ0n) is 12.4. The van der Waals surface area contributed by atoms with Gasteiger partial charge in [-0.3, -0.25) is 0 Å². The first-order valence-electron chi connectivity index (χ1n) is 7.08. The van der Waals surface area contributed by atoms with Crippen LogP contribution in [0.1, 0.15) is 11.1 Å². The van der Waals surface area contributed by atoms with Crippen molar-refractivity contribution in [2.75, 3.05) is 6.79 Å². The van der Waals surface area contributed by atoms with E-state index in [0.29, 0.717) is 32.7 Å². The minimum absolute atomic E-state index is 0.134. The molecule has 0 saturated carbocycles. The summed E-state index contributed by atoms with van der Waals surface area (Å²) in [4.78, 5) is 16.4. The number of benzene rings is 2. The van der Waals surface area contributed by atoms with Crippen molar-refractivity contribution in [3.05, 3.63) is 61.7 Å². The molecule has 2 aromatic rings. The Kier molecular flexibility index (Phi) is 4.19. The molecule has 0 spiro atoms. The van der Waals surface area contributed by atoms with Crippen molar-refractivity contribution in [3.63, 3.8) is 0 Å². The summed E-state index contributed by atoms with van der Waals surface area (Å²) in [5, 5.41) is 0.836. The minimum atomic E-state index is -0.564. The molecule has 126 valence electrons. The lowest BCUT2D eigenvalue weighted by molar-refractivity contribution is -0.129. The lowest BCUT2D eigenvalue weighted by atomic mass is 10.1. The number of carbonyl (C=O) groups is 1. The van der Waals surface area contributed by atoms with Crippen molar-refractivity contribution in [1.82, 2.24) is 0 Å². The second kappa shape index (κ2) is 6.37. The van der Waals surface area contributed by atoms with E-state index in [9.17, 15) is 4.79 Å². The second-order valence-electron chi connectivity index (χ2n) is 5.19. The monoisotopic (exact) mass is 439 g/mol. The van der Waals surface area contributed by atoms with Gasteiger partial charge in [0.15, 0.2) is 17.2 Å². The number of halogens is 3. The van der Waals surface area contributed by atoms with Crippen LogP contribution in [0.5, 0.6) is 11.5 Å². The molecule has 0 aliphatic carbocycles. The molecule has 4 rings (SSSR count). The fourth-order valence-corrected chi connectivity index (χ4v) is 3.30. The Morgan fingerprint density at radius 3 is 2.64 bits per heavy atom. The van der Waals surface area contributed by atoms with Gasteiger partial charge < -0.3 is 14.2 Å². The predicted octanol–water partition coefficient (Wildman–Crippen LogP) is 4.83. The van der Waals surface area contributed by atoms with Crippen LogP contribution in [0, 0.1) is 0 Å². The number of aliphatic imine (C=N–C) groups is 1. The highest BCUT2D eigenvalue weighted by Gasteiger charge is 2.26. The number of esters is 1. The van der Waals surface area contributed by atoms with E-state index in [1.807, 2.05) is 0 Å². The number of rotatable bonds is 2. The molecule has 2 heterocycles. The van der Waals surface area contributed by atoms with Gasteiger partial charge in [0, 0.05) is 9.50 Å². The summed E-state index contributed by atoms with van der Waals surface area (Å²) >= 11 is 15.5. The van der Waals surface area contributed by atoms with Crippen LogP contribution in [0.15, 0.2) is 45.5 Å². The van der Waals surface area contributed by atoms with Gasteiger partial charge in [-0.05, 0) is 42.0 Å². The van der Waals surface area contributed by atoms with Gasteiger partial charge in [-0.2, -0.15) is 0 Å².